The number of carbonyl (C=O) groups excluding carboxylic acids is 1. The molecule has 0 atom stereocenters. The summed E-state index contributed by atoms with van der Waals surface area (Å²) in [7, 11) is 1.85. The van der Waals surface area contributed by atoms with Crippen molar-refractivity contribution < 1.29 is 4.79 Å². The van der Waals surface area contributed by atoms with E-state index in [0.29, 0.717) is 27.4 Å². The summed E-state index contributed by atoms with van der Waals surface area (Å²) in [6.07, 6.45) is 0. The van der Waals surface area contributed by atoms with Crippen molar-refractivity contribution in [3.8, 4) is 0 Å². The topological polar surface area (TPSA) is 58.1 Å². The van der Waals surface area contributed by atoms with Crippen LogP contribution in [-0.4, -0.2) is 22.9 Å². The zero-order valence-electron chi connectivity index (χ0n) is 14.2. The Morgan fingerprint density at radius 3 is 2.50 bits per heavy atom. The Bertz CT molecular complexity index is 948. The Morgan fingerprint density at radius 1 is 1.04 bits per heavy atom. The van der Waals surface area contributed by atoms with Crippen molar-refractivity contribution in [2.75, 3.05) is 17.3 Å². The molecule has 0 fully saturated rings. The van der Waals surface area contributed by atoms with Crippen LogP contribution in [-0.2, 0) is 0 Å². The van der Waals surface area contributed by atoms with Gasteiger partial charge in [-0.25, -0.2) is 9.97 Å². The number of aromatic nitrogens is 2. The number of amides is 1. The molecular weight excluding hydrogens is 371 g/mol. The lowest BCUT2D eigenvalue weighted by atomic mass is 10.2. The number of anilines is 3. The molecule has 0 aliphatic heterocycles. The van der Waals surface area contributed by atoms with Crippen molar-refractivity contribution in [2.24, 2.45) is 0 Å². The molecule has 26 heavy (non-hydrogen) atoms. The first-order valence-electron chi connectivity index (χ1n) is 7.85. The first-order chi connectivity index (χ1) is 12.4. The molecule has 0 spiro atoms. The average molecular weight is 387 g/mol. The van der Waals surface area contributed by atoms with E-state index >= 15 is 0 Å². The minimum Gasteiger partial charge on any atom is -0.319 e. The predicted octanol–water partition coefficient (Wildman–Crippen LogP) is 5.11. The van der Waals surface area contributed by atoms with Crippen LogP contribution in [0.1, 0.15) is 16.2 Å². The Balaban J connectivity index is 1.89. The Morgan fingerprint density at radius 2 is 1.77 bits per heavy atom. The summed E-state index contributed by atoms with van der Waals surface area (Å²) in [6.45, 7) is 1.81. The number of para-hydroxylation sites is 1. The lowest BCUT2D eigenvalue weighted by Crippen LogP contribution is -2.19. The molecule has 0 radical (unpaired) electrons. The van der Waals surface area contributed by atoms with Gasteiger partial charge in [0, 0.05) is 23.5 Å². The first-order valence-corrected chi connectivity index (χ1v) is 8.60. The summed E-state index contributed by atoms with van der Waals surface area (Å²) in [5.74, 6) is 0.0425. The molecule has 1 N–H and O–H groups in total. The van der Waals surface area contributed by atoms with Gasteiger partial charge in [-0.2, -0.15) is 0 Å². The second kappa shape index (κ2) is 7.72. The maximum atomic E-state index is 12.6. The second-order valence-electron chi connectivity index (χ2n) is 5.67. The molecule has 5 nitrogen and oxygen atoms in total. The summed E-state index contributed by atoms with van der Waals surface area (Å²) >= 11 is 12.1. The van der Waals surface area contributed by atoms with E-state index in [2.05, 4.69) is 15.3 Å². The molecule has 3 rings (SSSR count). The molecule has 1 amide bonds. The van der Waals surface area contributed by atoms with Crippen molar-refractivity contribution in [2.45, 2.75) is 6.92 Å². The van der Waals surface area contributed by atoms with Crippen LogP contribution in [0.2, 0.25) is 10.0 Å². The lowest BCUT2D eigenvalue weighted by Gasteiger charge is -2.18. The zero-order valence-corrected chi connectivity index (χ0v) is 15.7. The average Bonchev–Trinajstić information content (AvgIpc) is 2.64. The first kappa shape index (κ1) is 18.2. The molecule has 3 aromatic rings. The number of nitrogens with one attached hydrogen (secondary N) is 1. The molecule has 0 saturated heterocycles. The fraction of sp³-hybridized carbons (Fsp3) is 0.105. The number of aryl methyl sites for hydroxylation is 1. The van der Waals surface area contributed by atoms with Crippen LogP contribution in [0.5, 0.6) is 0 Å². The van der Waals surface area contributed by atoms with Crippen molar-refractivity contribution in [3.63, 3.8) is 0 Å². The van der Waals surface area contributed by atoms with Crippen LogP contribution in [0.3, 0.4) is 0 Å². The van der Waals surface area contributed by atoms with E-state index in [9.17, 15) is 4.79 Å². The van der Waals surface area contributed by atoms with E-state index in [-0.39, 0.29) is 11.6 Å². The third-order valence-electron chi connectivity index (χ3n) is 3.70. The van der Waals surface area contributed by atoms with Crippen LogP contribution in [0.15, 0.2) is 54.6 Å². The standard InChI is InChI=1S/C19H16Cl2N4O/c1-12-10-17(18(26)23-16-11-13(20)8-9-15(16)21)24-19(22-12)25(2)14-6-4-3-5-7-14/h3-11H,1-2H3,(H,23,26). The fourth-order valence-corrected chi connectivity index (χ4v) is 2.70. The van der Waals surface area contributed by atoms with Gasteiger partial charge < -0.3 is 10.2 Å². The van der Waals surface area contributed by atoms with Gasteiger partial charge in [0.2, 0.25) is 5.95 Å². The maximum Gasteiger partial charge on any atom is 0.274 e. The van der Waals surface area contributed by atoms with Crippen LogP contribution in [0.4, 0.5) is 17.3 Å². The Hall–Kier alpha value is -2.63. The van der Waals surface area contributed by atoms with E-state index in [1.165, 1.54) is 0 Å². The van der Waals surface area contributed by atoms with Gasteiger partial charge in [0.05, 0.1) is 10.7 Å². The van der Waals surface area contributed by atoms with E-state index in [1.807, 2.05) is 49.2 Å². The Kier molecular flexibility index (Phi) is 5.40. The third kappa shape index (κ3) is 4.12. The van der Waals surface area contributed by atoms with Gasteiger partial charge in [-0.05, 0) is 43.3 Å². The van der Waals surface area contributed by atoms with Crippen molar-refractivity contribution in [1.82, 2.24) is 9.97 Å². The molecule has 7 heteroatoms. The summed E-state index contributed by atoms with van der Waals surface area (Å²) in [4.78, 5) is 23.2. The third-order valence-corrected chi connectivity index (χ3v) is 4.26. The molecule has 0 saturated carbocycles. The molecule has 132 valence electrons. The highest BCUT2D eigenvalue weighted by atomic mass is 35.5. The van der Waals surface area contributed by atoms with Gasteiger partial charge in [0.15, 0.2) is 0 Å². The molecule has 0 aliphatic rings. The minimum atomic E-state index is -0.387. The fourth-order valence-electron chi connectivity index (χ4n) is 2.37. The van der Waals surface area contributed by atoms with Crippen LogP contribution < -0.4 is 10.2 Å². The summed E-state index contributed by atoms with van der Waals surface area (Å²) < 4.78 is 0. The van der Waals surface area contributed by atoms with Gasteiger partial charge in [-0.1, -0.05) is 41.4 Å². The molecular formula is C19H16Cl2N4O. The number of nitrogens with zero attached hydrogens (tertiary/aromatic N) is 3. The normalized spacial score (nSPS) is 10.5. The van der Waals surface area contributed by atoms with Gasteiger partial charge in [0.25, 0.3) is 5.91 Å². The molecule has 1 aromatic heterocycles. The monoisotopic (exact) mass is 386 g/mol. The highest BCUT2D eigenvalue weighted by Gasteiger charge is 2.15. The van der Waals surface area contributed by atoms with Crippen molar-refractivity contribution in [1.29, 1.82) is 0 Å². The van der Waals surface area contributed by atoms with Gasteiger partial charge in [-0.3, -0.25) is 4.79 Å². The number of halogens is 2. The zero-order chi connectivity index (χ0) is 18.7. The van der Waals surface area contributed by atoms with E-state index in [0.717, 1.165) is 5.69 Å². The molecule has 1 heterocycles. The molecule has 2 aromatic carbocycles. The second-order valence-corrected chi connectivity index (χ2v) is 6.51. The number of carbonyl (C=O) groups is 1. The molecule has 0 aliphatic carbocycles. The lowest BCUT2D eigenvalue weighted by molar-refractivity contribution is 0.102. The molecule has 0 bridgehead atoms. The summed E-state index contributed by atoms with van der Waals surface area (Å²) in [5.41, 5.74) is 2.27. The highest BCUT2D eigenvalue weighted by Crippen LogP contribution is 2.26. The smallest absolute Gasteiger partial charge is 0.274 e. The van der Waals surface area contributed by atoms with Gasteiger partial charge >= 0.3 is 0 Å². The highest BCUT2D eigenvalue weighted by molar-refractivity contribution is 6.35. The van der Waals surface area contributed by atoms with Crippen molar-refractivity contribution >= 4 is 46.4 Å². The Labute approximate surface area is 161 Å². The van der Waals surface area contributed by atoms with E-state index in [4.69, 9.17) is 23.2 Å². The van der Waals surface area contributed by atoms with Gasteiger partial charge in [-0.15, -0.1) is 0 Å². The van der Waals surface area contributed by atoms with Crippen LogP contribution >= 0.6 is 23.2 Å². The number of hydrogen-bond acceptors (Lipinski definition) is 4. The summed E-state index contributed by atoms with van der Waals surface area (Å²) in [6, 6.07) is 16.2. The quantitative estimate of drug-likeness (QED) is 0.676. The minimum absolute atomic E-state index is 0.242. The summed E-state index contributed by atoms with van der Waals surface area (Å²) in [5, 5.41) is 3.61. The SMILES string of the molecule is Cc1cc(C(=O)Nc2cc(Cl)ccc2Cl)nc(N(C)c2ccccc2)n1. The van der Waals surface area contributed by atoms with Crippen LogP contribution in [0, 0.1) is 6.92 Å². The predicted molar refractivity (Wildman–Crippen MR) is 106 cm³/mol. The van der Waals surface area contributed by atoms with E-state index in [1.54, 1.807) is 24.3 Å². The number of hydrogen-bond donors (Lipinski definition) is 1. The van der Waals surface area contributed by atoms with Crippen LogP contribution in [0.25, 0.3) is 0 Å². The number of rotatable bonds is 4. The maximum absolute atomic E-state index is 12.6. The van der Waals surface area contributed by atoms with Gasteiger partial charge in [0.1, 0.15) is 5.69 Å². The van der Waals surface area contributed by atoms with Crippen molar-refractivity contribution in [3.05, 3.63) is 76.0 Å². The van der Waals surface area contributed by atoms with E-state index < -0.39 is 0 Å². The largest absolute Gasteiger partial charge is 0.319 e. The number of benzene rings is 2. The molecule has 0 unspecified atom stereocenters.